The van der Waals surface area contributed by atoms with Gasteiger partial charge in [0.1, 0.15) is 0 Å². The van der Waals surface area contributed by atoms with E-state index in [1.165, 1.54) is 18.4 Å². The van der Waals surface area contributed by atoms with Crippen LogP contribution in [0.3, 0.4) is 0 Å². The number of ether oxygens (including phenoxy) is 2. The van der Waals surface area contributed by atoms with E-state index in [0.29, 0.717) is 12.1 Å². The van der Waals surface area contributed by atoms with Crippen LogP contribution in [0.4, 0.5) is 0 Å². The van der Waals surface area contributed by atoms with Gasteiger partial charge in [-0.25, -0.2) is 0 Å². The van der Waals surface area contributed by atoms with Crippen LogP contribution in [0.25, 0.3) is 0 Å². The molecule has 4 nitrogen and oxygen atoms in total. The molecular formula is C16H26N2O2. The number of nitrogens with zero attached hydrogens (tertiary/aromatic N) is 1. The monoisotopic (exact) mass is 278 g/mol. The summed E-state index contributed by atoms with van der Waals surface area (Å²) in [6, 6.07) is 7.06. The fourth-order valence-electron chi connectivity index (χ4n) is 3.02. The summed E-state index contributed by atoms with van der Waals surface area (Å²) in [4.78, 5) is 2.41. The number of methoxy groups -OCH3 is 2. The van der Waals surface area contributed by atoms with Crippen molar-refractivity contribution in [2.24, 2.45) is 5.73 Å². The lowest BCUT2D eigenvalue weighted by Crippen LogP contribution is -2.38. The summed E-state index contributed by atoms with van der Waals surface area (Å²) < 4.78 is 10.9. The van der Waals surface area contributed by atoms with Crippen LogP contribution in [0.2, 0.25) is 0 Å². The highest BCUT2D eigenvalue weighted by Gasteiger charge is 2.23. The van der Waals surface area contributed by atoms with Gasteiger partial charge in [0.15, 0.2) is 11.5 Å². The van der Waals surface area contributed by atoms with Crippen LogP contribution in [-0.4, -0.2) is 38.3 Å². The third kappa shape index (κ3) is 3.44. The summed E-state index contributed by atoms with van der Waals surface area (Å²) in [7, 11) is 5.55. The van der Waals surface area contributed by atoms with E-state index in [4.69, 9.17) is 15.2 Å². The number of para-hydroxylation sites is 1. The number of nitrogens with two attached hydrogens (primary N) is 1. The maximum Gasteiger partial charge on any atom is 0.165 e. The minimum atomic E-state index is 0.394. The lowest BCUT2D eigenvalue weighted by molar-refractivity contribution is 0.174. The maximum atomic E-state index is 5.98. The Morgan fingerprint density at radius 2 is 1.85 bits per heavy atom. The molecule has 1 saturated carbocycles. The van der Waals surface area contributed by atoms with Gasteiger partial charge in [-0.15, -0.1) is 0 Å². The van der Waals surface area contributed by atoms with Crippen LogP contribution < -0.4 is 15.2 Å². The zero-order chi connectivity index (χ0) is 14.5. The van der Waals surface area contributed by atoms with E-state index >= 15 is 0 Å². The Hall–Kier alpha value is -1.26. The van der Waals surface area contributed by atoms with Crippen LogP contribution in [0, 0.1) is 0 Å². The molecule has 0 heterocycles. The second-order valence-electron chi connectivity index (χ2n) is 5.64. The minimum Gasteiger partial charge on any atom is -0.493 e. The van der Waals surface area contributed by atoms with Crippen molar-refractivity contribution in [3.05, 3.63) is 23.8 Å². The summed E-state index contributed by atoms with van der Waals surface area (Å²) in [6.07, 6.45) is 4.63. The summed E-state index contributed by atoms with van der Waals surface area (Å²) in [5, 5.41) is 0. The average molecular weight is 278 g/mol. The Bertz CT molecular complexity index is 428. The highest BCUT2D eigenvalue weighted by Crippen LogP contribution is 2.32. The van der Waals surface area contributed by atoms with Gasteiger partial charge in [-0.3, -0.25) is 4.90 Å². The molecule has 0 aliphatic heterocycles. The molecule has 0 atom stereocenters. The molecular weight excluding hydrogens is 252 g/mol. The highest BCUT2D eigenvalue weighted by molar-refractivity contribution is 5.46. The van der Waals surface area contributed by atoms with Crippen LogP contribution >= 0.6 is 0 Å². The molecule has 0 radical (unpaired) electrons. The molecule has 0 aromatic heterocycles. The number of benzene rings is 1. The smallest absolute Gasteiger partial charge is 0.165 e. The van der Waals surface area contributed by atoms with Crippen molar-refractivity contribution in [2.45, 2.75) is 44.3 Å². The predicted octanol–water partition coefficient (Wildman–Crippen LogP) is 2.41. The first kappa shape index (κ1) is 15.1. The molecule has 0 bridgehead atoms. The van der Waals surface area contributed by atoms with E-state index < -0.39 is 0 Å². The second-order valence-corrected chi connectivity index (χ2v) is 5.64. The molecule has 1 aliphatic carbocycles. The van der Waals surface area contributed by atoms with Crippen LogP contribution in [0.1, 0.15) is 31.2 Å². The van der Waals surface area contributed by atoms with Crippen LogP contribution in [0.5, 0.6) is 11.5 Å². The van der Waals surface area contributed by atoms with Crippen molar-refractivity contribution in [1.29, 1.82) is 0 Å². The van der Waals surface area contributed by atoms with E-state index in [2.05, 4.69) is 18.0 Å². The molecule has 1 aromatic carbocycles. The summed E-state index contributed by atoms with van der Waals surface area (Å²) in [6.45, 7) is 0.875. The van der Waals surface area contributed by atoms with Gasteiger partial charge < -0.3 is 15.2 Å². The number of hydrogen-bond donors (Lipinski definition) is 1. The highest BCUT2D eigenvalue weighted by atomic mass is 16.5. The quantitative estimate of drug-likeness (QED) is 0.898. The van der Waals surface area contributed by atoms with Gasteiger partial charge >= 0.3 is 0 Å². The van der Waals surface area contributed by atoms with E-state index in [-0.39, 0.29) is 0 Å². The molecule has 1 aliphatic rings. The molecule has 112 valence electrons. The molecule has 2 N–H and O–H groups in total. The van der Waals surface area contributed by atoms with Gasteiger partial charge in [-0.1, -0.05) is 12.1 Å². The number of hydrogen-bond acceptors (Lipinski definition) is 4. The molecule has 1 fully saturated rings. The first-order chi connectivity index (χ1) is 9.65. The van der Waals surface area contributed by atoms with Gasteiger partial charge in [0.05, 0.1) is 14.2 Å². The molecule has 0 amide bonds. The van der Waals surface area contributed by atoms with Crippen molar-refractivity contribution in [2.75, 3.05) is 21.3 Å². The SMILES string of the molecule is COc1cccc(CN(C)C2CCC(N)CC2)c1OC. The molecule has 0 unspecified atom stereocenters. The Balaban J connectivity index is 2.05. The second kappa shape index (κ2) is 6.95. The normalized spacial score (nSPS) is 22.9. The molecule has 0 spiro atoms. The summed E-state index contributed by atoms with van der Waals surface area (Å²) in [5.41, 5.74) is 7.15. The predicted molar refractivity (Wildman–Crippen MR) is 81.2 cm³/mol. The third-order valence-corrected chi connectivity index (χ3v) is 4.27. The lowest BCUT2D eigenvalue weighted by Gasteiger charge is -2.33. The third-order valence-electron chi connectivity index (χ3n) is 4.27. The van der Waals surface area contributed by atoms with Gasteiger partial charge in [0.2, 0.25) is 0 Å². The molecule has 20 heavy (non-hydrogen) atoms. The van der Waals surface area contributed by atoms with E-state index in [9.17, 15) is 0 Å². The minimum absolute atomic E-state index is 0.394. The van der Waals surface area contributed by atoms with Gasteiger partial charge in [0, 0.05) is 24.2 Å². The summed E-state index contributed by atoms with van der Waals surface area (Å²) >= 11 is 0. The van der Waals surface area contributed by atoms with Crippen LogP contribution in [-0.2, 0) is 6.54 Å². The van der Waals surface area contributed by atoms with Gasteiger partial charge in [-0.05, 0) is 38.8 Å². The topological polar surface area (TPSA) is 47.7 Å². The Morgan fingerprint density at radius 3 is 2.45 bits per heavy atom. The zero-order valence-electron chi connectivity index (χ0n) is 12.8. The van der Waals surface area contributed by atoms with Crippen molar-refractivity contribution in [3.63, 3.8) is 0 Å². The maximum absolute atomic E-state index is 5.98. The van der Waals surface area contributed by atoms with Gasteiger partial charge in [-0.2, -0.15) is 0 Å². The Labute approximate surface area is 121 Å². The molecule has 4 heteroatoms. The Morgan fingerprint density at radius 1 is 1.15 bits per heavy atom. The van der Waals surface area contributed by atoms with E-state index in [0.717, 1.165) is 30.9 Å². The fraction of sp³-hybridized carbons (Fsp3) is 0.625. The average Bonchev–Trinajstić information content (AvgIpc) is 2.47. The lowest BCUT2D eigenvalue weighted by atomic mass is 9.91. The van der Waals surface area contributed by atoms with Crippen molar-refractivity contribution >= 4 is 0 Å². The van der Waals surface area contributed by atoms with Crippen molar-refractivity contribution in [1.82, 2.24) is 4.90 Å². The first-order valence-electron chi connectivity index (χ1n) is 7.31. The molecule has 2 rings (SSSR count). The summed E-state index contributed by atoms with van der Waals surface area (Å²) in [5.74, 6) is 1.64. The van der Waals surface area contributed by atoms with Gasteiger partial charge in [0.25, 0.3) is 0 Å². The molecule has 0 saturated heterocycles. The molecule has 1 aromatic rings. The largest absolute Gasteiger partial charge is 0.493 e. The van der Waals surface area contributed by atoms with Crippen molar-refractivity contribution in [3.8, 4) is 11.5 Å². The Kier molecular flexibility index (Phi) is 5.26. The standard InChI is InChI=1S/C16H26N2O2/c1-18(14-9-7-13(17)8-10-14)11-12-5-4-6-15(19-2)16(12)20-3/h4-6,13-14H,7-11,17H2,1-3H3. The number of rotatable bonds is 5. The van der Waals surface area contributed by atoms with E-state index in [1.54, 1.807) is 14.2 Å². The fourth-order valence-corrected chi connectivity index (χ4v) is 3.02. The van der Waals surface area contributed by atoms with Crippen LogP contribution in [0.15, 0.2) is 18.2 Å². The first-order valence-corrected chi connectivity index (χ1v) is 7.31. The van der Waals surface area contributed by atoms with Crippen molar-refractivity contribution < 1.29 is 9.47 Å². The zero-order valence-corrected chi connectivity index (χ0v) is 12.8. The van der Waals surface area contributed by atoms with E-state index in [1.807, 2.05) is 12.1 Å².